The molecule has 0 amide bonds. The molecule has 1 nitrogen and oxygen atoms in total. The van der Waals surface area contributed by atoms with E-state index in [0.29, 0.717) is 5.92 Å². The van der Waals surface area contributed by atoms with Crippen LogP contribution in [0.25, 0.3) is 0 Å². The number of hydrogen-bond donors (Lipinski definition) is 1. The Bertz CT molecular complexity index is 459. The number of fused-ring (bicyclic) bond motifs is 1. The number of aliphatic hydroxyl groups is 1. The van der Waals surface area contributed by atoms with Gasteiger partial charge in [-0.05, 0) is 60.5 Å². The van der Waals surface area contributed by atoms with Crippen LogP contribution < -0.4 is 0 Å². The molecule has 0 aliphatic heterocycles. The molecule has 0 heterocycles. The lowest BCUT2D eigenvalue weighted by Crippen LogP contribution is -2.06. The SMILES string of the molecule is OC(c1ccc(C2CCCCC2)cc1)C1C2CCCCC21. The Balaban J connectivity index is 1.43. The van der Waals surface area contributed by atoms with Crippen LogP contribution >= 0.6 is 0 Å². The van der Waals surface area contributed by atoms with E-state index in [0.717, 1.165) is 23.3 Å². The molecule has 0 aromatic heterocycles. The van der Waals surface area contributed by atoms with Crippen molar-refractivity contribution in [1.29, 1.82) is 0 Å². The fraction of sp³-hybridized carbons (Fsp3) is 0.700. The van der Waals surface area contributed by atoms with E-state index in [4.69, 9.17) is 0 Å². The molecule has 3 aliphatic rings. The van der Waals surface area contributed by atoms with Crippen LogP contribution in [0.2, 0.25) is 0 Å². The Hall–Kier alpha value is -0.820. The van der Waals surface area contributed by atoms with Crippen molar-refractivity contribution in [3.8, 4) is 0 Å². The standard InChI is InChI=1S/C20H28O/c21-20(19-17-8-4-5-9-18(17)19)16-12-10-15(11-13-16)14-6-2-1-3-7-14/h10-14,17-21H,1-9H2. The van der Waals surface area contributed by atoms with Gasteiger partial charge in [-0.15, -0.1) is 0 Å². The molecule has 1 N–H and O–H groups in total. The van der Waals surface area contributed by atoms with Crippen LogP contribution in [0.4, 0.5) is 0 Å². The predicted octanol–water partition coefficient (Wildman–Crippen LogP) is 5.20. The largest absolute Gasteiger partial charge is 0.388 e. The molecule has 3 fully saturated rings. The zero-order valence-corrected chi connectivity index (χ0v) is 13.0. The Labute approximate surface area is 128 Å². The van der Waals surface area contributed by atoms with Gasteiger partial charge in [-0.1, -0.05) is 56.4 Å². The Morgan fingerprint density at radius 3 is 1.95 bits per heavy atom. The van der Waals surface area contributed by atoms with Gasteiger partial charge in [0.05, 0.1) is 6.10 Å². The van der Waals surface area contributed by atoms with Crippen LogP contribution in [0, 0.1) is 17.8 Å². The van der Waals surface area contributed by atoms with Crippen molar-refractivity contribution in [1.82, 2.24) is 0 Å². The highest BCUT2D eigenvalue weighted by atomic mass is 16.3. The van der Waals surface area contributed by atoms with Gasteiger partial charge < -0.3 is 5.11 Å². The van der Waals surface area contributed by atoms with Crippen molar-refractivity contribution in [2.75, 3.05) is 0 Å². The van der Waals surface area contributed by atoms with Gasteiger partial charge in [0, 0.05) is 0 Å². The first kappa shape index (κ1) is 13.8. The van der Waals surface area contributed by atoms with Crippen molar-refractivity contribution >= 4 is 0 Å². The highest BCUT2D eigenvalue weighted by Crippen LogP contribution is 2.60. The maximum Gasteiger partial charge on any atom is 0.0823 e. The van der Waals surface area contributed by atoms with Crippen molar-refractivity contribution < 1.29 is 5.11 Å². The van der Waals surface area contributed by atoms with Crippen LogP contribution in [0.3, 0.4) is 0 Å². The van der Waals surface area contributed by atoms with Crippen molar-refractivity contribution in [2.45, 2.75) is 69.8 Å². The molecule has 1 aromatic carbocycles. The summed E-state index contributed by atoms with van der Waals surface area (Å²) in [5.74, 6) is 2.99. The van der Waals surface area contributed by atoms with Gasteiger partial charge in [0.2, 0.25) is 0 Å². The third kappa shape index (κ3) is 2.65. The van der Waals surface area contributed by atoms with Crippen molar-refractivity contribution in [2.24, 2.45) is 17.8 Å². The summed E-state index contributed by atoms with van der Waals surface area (Å²) >= 11 is 0. The van der Waals surface area contributed by atoms with Crippen LogP contribution in [0.1, 0.15) is 80.9 Å². The Morgan fingerprint density at radius 2 is 1.33 bits per heavy atom. The van der Waals surface area contributed by atoms with Crippen LogP contribution in [0.5, 0.6) is 0 Å². The topological polar surface area (TPSA) is 20.2 Å². The molecule has 4 rings (SSSR count). The monoisotopic (exact) mass is 284 g/mol. The zero-order valence-electron chi connectivity index (χ0n) is 13.0. The van der Waals surface area contributed by atoms with Gasteiger partial charge in [-0.3, -0.25) is 0 Å². The minimum absolute atomic E-state index is 0.210. The fourth-order valence-corrected chi connectivity index (χ4v) is 5.14. The van der Waals surface area contributed by atoms with Crippen molar-refractivity contribution in [3.05, 3.63) is 35.4 Å². The minimum Gasteiger partial charge on any atom is -0.388 e. The molecule has 1 aromatic rings. The van der Waals surface area contributed by atoms with Crippen molar-refractivity contribution in [3.63, 3.8) is 0 Å². The summed E-state index contributed by atoms with van der Waals surface area (Å²) < 4.78 is 0. The maximum atomic E-state index is 10.7. The third-order valence-electron chi connectivity index (χ3n) is 6.44. The quantitative estimate of drug-likeness (QED) is 0.808. The van der Waals surface area contributed by atoms with E-state index in [9.17, 15) is 5.11 Å². The van der Waals surface area contributed by atoms with E-state index in [2.05, 4.69) is 24.3 Å². The maximum absolute atomic E-state index is 10.7. The summed E-state index contributed by atoms with van der Waals surface area (Å²) in [5.41, 5.74) is 2.66. The number of aliphatic hydroxyl groups excluding tert-OH is 1. The zero-order chi connectivity index (χ0) is 14.2. The Kier molecular flexibility index (Phi) is 3.79. The Morgan fingerprint density at radius 1 is 0.762 bits per heavy atom. The van der Waals surface area contributed by atoms with Crippen LogP contribution in [0.15, 0.2) is 24.3 Å². The lowest BCUT2D eigenvalue weighted by molar-refractivity contribution is 0.142. The molecule has 3 saturated carbocycles. The van der Waals surface area contributed by atoms with E-state index in [-0.39, 0.29) is 6.10 Å². The normalized spacial score (nSPS) is 34.2. The predicted molar refractivity (Wildman–Crippen MR) is 86.2 cm³/mol. The molecule has 0 spiro atoms. The molecule has 0 saturated heterocycles. The summed E-state index contributed by atoms with van der Waals surface area (Å²) in [4.78, 5) is 0. The molecule has 3 aliphatic carbocycles. The van der Waals surface area contributed by atoms with Crippen LogP contribution in [-0.2, 0) is 0 Å². The van der Waals surface area contributed by atoms with E-state index in [1.807, 2.05) is 0 Å². The molecular weight excluding hydrogens is 256 g/mol. The number of benzene rings is 1. The second-order valence-electron chi connectivity index (χ2n) is 7.64. The van der Waals surface area contributed by atoms with Gasteiger partial charge in [0.15, 0.2) is 0 Å². The molecule has 1 heteroatoms. The van der Waals surface area contributed by atoms with E-state index >= 15 is 0 Å². The smallest absolute Gasteiger partial charge is 0.0823 e. The summed E-state index contributed by atoms with van der Waals surface area (Å²) in [6, 6.07) is 9.00. The molecule has 114 valence electrons. The van der Waals surface area contributed by atoms with E-state index in [1.165, 1.54) is 63.4 Å². The number of hydrogen-bond acceptors (Lipinski definition) is 1. The molecule has 3 unspecified atom stereocenters. The average Bonchev–Trinajstić information content (AvgIpc) is 3.29. The van der Waals surface area contributed by atoms with Gasteiger partial charge in [-0.25, -0.2) is 0 Å². The number of rotatable bonds is 3. The van der Waals surface area contributed by atoms with Crippen LogP contribution in [-0.4, -0.2) is 5.11 Å². The average molecular weight is 284 g/mol. The highest BCUT2D eigenvalue weighted by Gasteiger charge is 2.54. The molecule has 0 radical (unpaired) electrons. The molecule has 21 heavy (non-hydrogen) atoms. The second kappa shape index (κ2) is 5.76. The summed E-state index contributed by atoms with van der Waals surface area (Å²) in [7, 11) is 0. The lowest BCUT2D eigenvalue weighted by Gasteiger charge is -2.22. The minimum atomic E-state index is -0.210. The molecular formula is C20H28O. The third-order valence-corrected chi connectivity index (χ3v) is 6.44. The first-order valence-electron chi connectivity index (χ1n) is 9.12. The first-order valence-corrected chi connectivity index (χ1v) is 9.12. The highest BCUT2D eigenvalue weighted by molar-refractivity contribution is 5.28. The van der Waals surface area contributed by atoms with Gasteiger partial charge >= 0.3 is 0 Å². The molecule has 0 bridgehead atoms. The van der Waals surface area contributed by atoms with E-state index < -0.39 is 0 Å². The summed E-state index contributed by atoms with van der Waals surface area (Å²) in [6.07, 6.45) is 12.2. The summed E-state index contributed by atoms with van der Waals surface area (Å²) in [5, 5.41) is 10.7. The molecule has 3 atom stereocenters. The first-order chi connectivity index (χ1) is 10.3. The van der Waals surface area contributed by atoms with Gasteiger partial charge in [0.1, 0.15) is 0 Å². The summed E-state index contributed by atoms with van der Waals surface area (Å²) in [6.45, 7) is 0. The van der Waals surface area contributed by atoms with Gasteiger partial charge in [-0.2, -0.15) is 0 Å². The fourth-order valence-electron chi connectivity index (χ4n) is 5.14. The second-order valence-corrected chi connectivity index (χ2v) is 7.64. The lowest BCUT2D eigenvalue weighted by atomic mass is 9.83. The van der Waals surface area contributed by atoms with E-state index in [1.54, 1.807) is 0 Å². The van der Waals surface area contributed by atoms with Gasteiger partial charge in [0.25, 0.3) is 0 Å².